The van der Waals surface area contributed by atoms with Crippen molar-refractivity contribution in [3.8, 4) is 0 Å². The van der Waals surface area contributed by atoms with Gasteiger partial charge in [-0.15, -0.1) is 0 Å². The Morgan fingerprint density at radius 2 is 2.05 bits per heavy atom. The maximum Gasteiger partial charge on any atom is 0.0499 e. The van der Waals surface area contributed by atoms with Crippen molar-refractivity contribution in [1.29, 1.82) is 0 Å². The Balaban J connectivity index is 1.93. The molecule has 0 bridgehead atoms. The molecule has 1 aliphatic carbocycles. The van der Waals surface area contributed by atoms with E-state index in [1.54, 1.807) is 0 Å². The third-order valence-corrected chi connectivity index (χ3v) is 4.86. The van der Waals surface area contributed by atoms with Gasteiger partial charge in [-0.2, -0.15) is 0 Å². The van der Waals surface area contributed by atoms with Crippen LogP contribution in [0.2, 0.25) is 0 Å². The molecule has 19 heavy (non-hydrogen) atoms. The van der Waals surface area contributed by atoms with Crippen LogP contribution in [0.5, 0.6) is 0 Å². The maximum absolute atomic E-state index is 6.17. The van der Waals surface area contributed by atoms with Crippen LogP contribution in [0.15, 0.2) is 24.3 Å². The first kappa shape index (κ1) is 13.0. The van der Waals surface area contributed by atoms with Crippen LogP contribution < -0.4 is 10.6 Å². The summed E-state index contributed by atoms with van der Waals surface area (Å²) in [5, 5.41) is 0. The molecule has 2 heteroatoms. The lowest BCUT2D eigenvalue weighted by Gasteiger charge is -2.47. The lowest BCUT2D eigenvalue weighted by Crippen LogP contribution is -2.55. The molecular weight excluding hydrogens is 232 g/mol. The second-order valence-corrected chi connectivity index (χ2v) is 6.90. The number of nitrogens with two attached hydrogens (primary N) is 1. The Labute approximate surface area is 117 Å². The summed E-state index contributed by atoms with van der Waals surface area (Å²) in [6.45, 7) is 6.62. The molecule has 1 aromatic carbocycles. The fourth-order valence-electron chi connectivity index (χ4n) is 3.56. The van der Waals surface area contributed by atoms with Crippen LogP contribution >= 0.6 is 0 Å². The summed E-state index contributed by atoms with van der Waals surface area (Å²) in [6.07, 6.45) is 5.27. The van der Waals surface area contributed by atoms with Crippen molar-refractivity contribution in [2.24, 2.45) is 17.6 Å². The lowest BCUT2D eigenvalue weighted by atomic mass is 9.85. The molecule has 1 aliphatic heterocycles. The minimum atomic E-state index is 0.131. The Kier molecular flexibility index (Phi) is 3.30. The Hall–Kier alpha value is -1.02. The number of nitrogens with zero attached hydrogens (tertiary/aromatic N) is 1. The van der Waals surface area contributed by atoms with Crippen molar-refractivity contribution in [3.63, 3.8) is 0 Å². The summed E-state index contributed by atoms with van der Waals surface area (Å²) < 4.78 is 0. The fourth-order valence-corrected chi connectivity index (χ4v) is 3.56. The largest absolute Gasteiger partial charge is 0.364 e. The summed E-state index contributed by atoms with van der Waals surface area (Å²) in [4.78, 5) is 2.61. The fraction of sp³-hybridized carbons (Fsp3) is 0.647. The van der Waals surface area contributed by atoms with Crippen LogP contribution in [0.25, 0.3) is 0 Å². The number of rotatable bonds is 4. The van der Waals surface area contributed by atoms with Crippen LogP contribution in [0, 0.1) is 11.8 Å². The molecule has 1 heterocycles. The molecule has 0 radical (unpaired) electrons. The van der Waals surface area contributed by atoms with Crippen LogP contribution in [0.1, 0.15) is 38.7 Å². The smallest absolute Gasteiger partial charge is 0.0499 e. The molecule has 2 unspecified atom stereocenters. The molecule has 2 atom stereocenters. The van der Waals surface area contributed by atoms with Gasteiger partial charge in [-0.25, -0.2) is 0 Å². The van der Waals surface area contributed by atoms with Gasteiger partial charge < -0.3 is 10.6 Å². The molecule has 1 aromatic rings. The molecule has 1 fully saturated rings. The quantitative estimate of drug-likeness (QED) is 0.898. The highest BCUT2D eigenvalue weighted by atomic mass is 15.2. The summed E-state index contributed by atoms with van der Waals surface area (Å²) in [5.41, 5.74) is 9.23. The van der Waals surface area contributed by atoms with Gasteiger partial charge in [0.15, 0.2) is 0 Å². The van der Waals surface area contributed by atoms with E-state index in [2.05, 4.69) is 43.0 Å². The average molecular weight is 258 g/mol. The SMILES string of the molecule is CC1Cc2ccccc2N(C(C)(CN)CC2CC2)C1. The van der Waals surface area contributed by atoms with Crippen LogP contribution in [0.3, 0.4) is 0 Å². The van der Waals surface area contributed by atoms with Crippen molar-refractivity contribution in [2.45, 2.75) is 45.1 Å². The number of benzene rings is 1. The number of anilines is 1. The van der Waals surface area contributed by atoms with E-state index in [0.29, 0.717) is 0 Å². The van der Waals surface area contributed by atoms with Gasteiger partial charge in [0.2, 0.25) is 0 Å². The van der Waals surface area contributed by atoms with E-state index in [0.717, 1.165) is 24.9 Å². The van der Waals surface area contributed by atoms with E-state index in [1.165, 1.54) is 36.9 Å². The van der Waals surface area contributed by atoms with Crippen molar-refractivity contribution in [2.75, 3.05) is 18.0 Å². The predicted octanol–water partition coefficient (Wildman–Crippen LogP) is 3.20. The highest BCUT2D eigenvalue weighted by Gasteiger charge is 2.39. The highest BCUT2D eigenvalue weighted by molar-refractivity contribution is 5.58. The van der Waals surface area contributed by atoms with Gasteiger partial charge in [-0.1, -0.05) is 38.0 Å². The molecule has 3 rings (SSSR count). The maximum atomic E-state index is 6.17. The van der Waals surface area contributed by atoms with Crippen molar-refractivity contribution in [1.82, 2.24) is 0 Å². The molecule has 1 saturated carbocycles. The van der Waals surface area contributed by atoms with E-state index in [-0.39, 0.29) is 5.54 Å². The molecule has 2 N–H and O–H groups in total. The van der Waals surface area contributed by atoms with Crippen molar-refractivity contribution < 1.29 is 0 Å². The van der Waals surface area contributed by atoms with Gasteiger partial charge >= 0.3 is 0 Å². The molecule has 0 aromatic heterocycles. The highest BCUT2D eigenvalue weighted by Crippen LogP contribution is 2.42. The van der Waals surface area contributed by atoms with Crippen LogP contribution in [-0.4, -0.2) is 18.6 Å². The predicted molar refractivity (Wildman–Crippen MR) is 81.5 cm³/mol. The first-order chi connectivity index (χ1) is 9.12. The molecule has 104 valence electrons. The molecule has 0 saturated heterocycles. The number of para-hydroxylation sites is 1. The standard InChI is InChI=1S/C17H26N2/c1-13-9-15-5-3-4-6-16(15)19(11-13)17(2,12-18)10-14-7-8-14/h3-6,13-14H,7-12,18H2,1-2H3. The molecule has 0 amide bonds. The monoisotopic (exact) mass is 258 g/mol. The molecule has 0 spiro atoms. The number of hydrogen-bond acceptors (Lipinski definition) is 2. The normalized spacial score (nSPS) is 25.8. The van der Waals surface area contributed by atoms with Gasteiger partial charge in [0.05, 0.1) is 0 Å². The zero-order chi connectivity index (χ0) is 13.5. The zero-order valence-corrected chi connectivity index (χ0v) is 12.2. The van der Waals surface area contributed by atoms with Crippen LogP contribution in [0.4, 0.5) is 5.69 Å². The van der Waals surface area contributed by atoms with E-state index in [9.17, 15) is 0 Å². The Morgan fingerprint density at radius 1 is 1.32 bits per heavy atom. The van der Waals surface area contributed by atoms with Crippen LogP contribution in [-0.2, 0) is 6.42 Å². The van der Waals surface area contributed by atoms with Gasteiger partial charge in [0.1, 0.15) is 0 Å². The van der Waals surface area contributed by atoms with Gasteiger partial charge in [-0.3, -0.25) is 0 Å². The van der Waals surface area contributed by atoms with Gasteiger partial charge in [0, 0.05) is 24.3 Å². The Bertz CT molecular complexity index is 452. The Morgan fingerprint density at radius 3 is 2.74 bits per heavy atom. The summed E-state index contributed by atoms with van der Waals surface area (Å²) in [7, 11) is 0. The lowest BCUT2D eigenvalue weighted by molar-refractivity contribution is 0.348. The first-order valence-corrected chi connectivity index (χ1v) is 7.68. The number of hydrogen-bond donors (Lipinski definition) is 1. The summed E-state index contributed by atoms with van der Waals surface area (Å²) in [5.74, 6) is 1.64. The minimum absolute atomic E-state index is 0.131. The van der Waals surface area contributed by atoms with E-state index in [1.807, 2.05) is 0 Å². The third-order valence-electron chi connectivity index (χ3n) is 4.86. The van der Waals surface area contributed by atoms with E-state index < -0.39 is 0 Å². The summed E-state index contributed by atoms with van der Waals surface area (Å²) in [6, 6.07) is 8.89. The van der Waals surface area contributed by atoms with Crippen molar-refractivity contribution >= 4 is 5.69 Å². The average Bonchev–Trinajstić information content (AvgIpc) is 3.21. The molecule has 2 nitrogen and oxygen atoms in total. The second-order valence-electron chi connectivity index (χ2n) is 6.90. The first-order valence-electron chi connectivity index (χ1n) is 7.68. The van der Waals surface area contributed by atoms with E-state index >= 15 is 0 Å². The summed E-state index contributed by atoms with van der Waals surface area (Å²) >= 11 is 0. The number of fused-ring (bicyclic) bond motifs is 1. The molecule has 2 aliphatic rings. The van der Waals surface area contributed by atoms with Gasteiger partial charge in [0.25, 0.3) is 0 Å². The van der Waals surface area contributed by atoms with Gasteiger partial charge in [-0.05, 0) is 43.2 Å². The van der Waals surface area contributed by atoms with E-state index in [4.69, 9.17) is 5.73 Å². The molecular formula is C17H26N2. The third kappa shape index (κ3) is 2.51. The topological polar surface area (TPSA) is 29.3 Å². The second kappa shape index (κ2) is 4.82. The zero-order valence-electron chi connectivity index (χ0n) is 12.2. The minimum Gasteiger partial charge on any atom is -0.364 e. The van der Waals surface area contributed by atoms with Crippen molar-refractivity contribution in [3.05, 3.63) is 29.8 Å².